The standard InChI is InChI=1S/C13H21N3S/c1-16(9-11-2-5-15-6-3-11)13(8-14)12-4-7-17-10-12/h2-3,5-6,12-13H,4,7-10,14H2,1H3. The van der Waals surface area contributed by atoms with Crippen molar-refractivity contribution in [2.75, 3.05) is 25.1 Å². The first-order valence-electron chi connectivity index (χ1n) is 6.18. The first-order valence-corrected chi connectivity index (χ1v) is 7.33. The molecule has 1 fully saturated rings. The summed E-state index contributed by atoms with van der Waals surface area (Å²) in [5, 5.41) is 0. The smallest absolute Gasteiger partial charge is 0.0271 e. The number of hydrogen-bond donors (Lipinski definition) is 1. The molecule has 2 unspecified atom stereocenters. The highest BCUT2D eigenvalue weighted by atomic mass is 32.2. The highest BCUT2D eigenvalue weighted by molar-refractivity contribution is 7.99. The SMILES string of the molecule is CN(Cc1ccncc1)C(CN)C1CCSC1. The molecule has 2 N–H and O–H groups in total. The highest BCUT2D eigenvalue weighted by Crippen LogP contribution is 2.28. The van der Waals surface area contributed by atoms with Crippen LogP contribution in [0.1, 0.15) is 12.0 Å². The van der Waals surface area contributed by atoms with Crippen LogP contribution in [-0.4, -0.2) is 41.0 Å². The zero-order chi connectivity index (χ0) is 12.1. The van der Waals surface area contributed by atoms with Gasteiger partial charge in [-0.15, -0.1) is 0 Å². The van der Waals surface area contributed by atoms with Crippen molar-refractivity contribution in [3.8, 4) is 0 Å². The van der Waals surface area contributed by atoms with Crippen molar-refractivity contribution in [3.05, 3.63) is 30.1 Å². The number of nitrogens with two attached hydrogens (primary N) is 1. The zero-order valence-electron chi connectivity index (χ0n) is 10.4. The summed E-state index contributed by atoms with van der Waals surface area (Å²) in [6.45, 7) is 1.72. The minimum Gasteiger partial charge on any atom is -0.329 e. The number of pyridine rings is 1. The van der Waals surface area contributed by atoms with Crippen LogP contribution in [0.5, 0.6) is 0 Å². The molecule has 94 valence electrons. The second kappa shape index (κ2) is 6.38. The van der Waals surface area contributed by atoms with E-state index in [-0.39, 0.29) is 0 Å². The predicted octanol–water partition coefficient (Wildman–Crippen LogP) is 1.59. The summed E-state index contributed by atoms with van der Waals surface area (Å²) in [4.78, 5) is 6.44. The molecule has 1 saturated heterocycles. The fourth-order valence-corrected chi connectivity index (χ4v) is 3.81. The first-order chi connectivity index (χ1) is 8.31. The Kier molecular flexibility index (Phi) is 4.83. The molecule has 0 spiro atoms. The molecule has 0 bridgehead atoms. The minimum atomic E-state index is 0.512. The van der Waals surface area contributed by atoms with E-state index >= 15 is 0 Å². The van der Waals surface area contributed by atoms with Crippen molar-refractivity contribution in [2.45, 2.75) is 19.0 Å². The van der Waals surface area contributed by atoms with E-state index in [0.717, 1.165) is 19.0 Å². The average Bonchev–Trinajstić information content (AvgIpc) is 2.85. The quantitative estimate of drug-likeness (QED) is 0.863. The third-order valence-electron chi connectivity index (χ3n) is 3.50. The predicted molar refractivity (Wildman–Crippen MR) is 74.0 cm³/mol. The van der Waals surface area contributed by atoms with Crippen LogP contribution in [0.25, 0.3) is 0 Å². The summed E-state index contributed by atoms with van der Waals surface area (Å²) in [5.41, 5.74) is 7.26. The van der Waals surface area contributed by atoms with E-state index < -0.39 is 0 Å². The highest BCUT2D eigenvalue weighted by Gasteiger charge is 2.27. The van der Waals surface area contributed by atoms with Gasteiger partial charge in [0.1, 0.15) is 0 Å². The summed E-state index contributed by atoms with van der Waals surface area (Å²) >= 11 is 2.06. The third-order valence-corrected chi connectivity index (χ3v) is 4.69. The van der Waals surface area contributed by atoms with Gasteiger partial charge < -0.3 is 5.73 Å². The maximum atomic E-state index is 5.94. The molecule has 1 aromatic heterocycles. The number of likely N-dealkylation sites (N-methyl/N-ethyl adjacent to an activating group) is 1. The Hall–Kier alpha value is -0.580. The Balaban J connectivity index is 1.95. The molecular formula is C13H21N3S. The molecular weight excluding hydrogens is 230 g/mol. The Labute approximate surface area is 108 Å². The monoisotopic (exact) mass is 251 g/mol. The van der Waals surface area contributed by atoms with E-state index in [4.69, 9.17) is 5.73 Å². The summed E-state index contributed by atoms with van der Waals surface area (Å²) in [6.07, 6.45) is 5.02. The summed E-state index contributed by atoms with van der Waals surface area (Å²) < 4.78 is 0. The molecule has 17 heavy (non-hydrogen) atoms. The van der Waals surface area contributed by atoms with Gasteiger partial charge in [0.05, 0.1) is 0 Å². The van der Waals surface area contributed by atoms with Gasteiger partial charge in [-0.05, 0) is 48.6 Å². The number of thioether (sulfide) groups is 1. The molecule has 0 radical (unpaired) electrons. The molecule has 0 amide bonds. The molecule has 2 atom stereocenters. The fraction of sp³-hybridized carbons (Fsp3) is 0.615. The van der Waals surface area contributed by atoms with Crippen LogP contribution in [-0.2, 0) is 6.54 Å². The van der Waals surface area contributed by atoms with Gasteiger partial charge in [0.15, 0.2) is 0 Å². The van der Waals surface area contributed by atoms with Crippen LogP contribution in [0, 0.1) is 5.92 Å². The van der Waals surface area contributed by atoms with Crippen LogP contribution < -0.4 is 5.73 Å². The van der Waals surface area contributed by atoms with Crippen LogP contribution in [0.2, 0.25) is 0 Å². The molecule has 1 aliphatic rings. The molecule has 0 saturated carbocycles. The van der Waals surface area contributed by atoms with Gasteiger partial charge in [-0.3, -0.25) is 9.88 Å². The summed E-state index contributed by atoms with van der Waals surface area (Å²) in [5.74, 6) is 3.32. The van der Waals surface area contributed by atoms with Crippen LogP contribution >= 0.6 is 11.8 Å². The lowest BCUT2D eigenvalue weighted by molar-refractivity contribution is 0.184. The van der Waals surface area contributed by atoms with Crippen molar-refractivity contribution in [1.82, 2.24) is 9.88 Å². The van der Waals surface area contributed by atoms with Crippen molar-refractivity contribution in [2.24, 2.45) is 11.7 Å². The maximum absolute atomic E-state index is 5.94. The summed E-state index contributed by atoms with van der Waals surface area (Å²) in [6, 6.07) is 4.67. The van der Waals surface area contributed by atoms with Gasteiger partial charge in [0.2, 0.25) is 0 Å². The molecule has 1 aliphatic heterocycles. The molecule has 0 aromatic carbocycles. The second-order valence-electron chi connectivity index (χ2n) is 4.70. The van der Waals surface area contributed by atoms with Gasteiger partial charge in [0, 0.05) is 31.5 Å². The molecule has 0 aliphatic carbocycles. The lowest BCUT2D eigenvalue weighted by Crippen LogP contribution is -2.43. The number of rotatable bonds is 5. The van der Waals surface area contributed by atoms with E-state index in [1.54, 1.807) is 0 Å². The molecule has 4 heteroatoms. The van der Waals surface area contributed by atoms with E-state index in [9.17, 15) is 0 Å². The zero-order valence-corrected chi connectivity index (χ0v) is 11.2. The van der Waals surface area contributed by atoms with Gasteiger partial charge >= 0.3 is 0 Å². The van der Waals surface area contributed by atoms with E-state index in [0.29, 0.717) is 6.04 Å². The summed E-state index contributed by atoms with van der Waals surface area (Å²) in [7, 11) is 2.18. The topological polar surface area (TPSA) is 42.2 Å². The maximum Gasteiger partial charge on any atom is 0.0271 e. The average molecular weight is 251 g/mol. The number of hydrogen-bond acceptors (Lipinski definition) is 4. The molecule has 2 rings (SSSR count). The fourth-order valence-electron chi connectivity index (χ4n) is 2.48. The molecule has 2 heterocycles. The third kappa shape index (κ3) is 3.44. The second-order valence-corrected chi connectivity index (χ2v) is 5.85. The van der Waals surface area contributed by atoms with E-state index in [1.165, 1.54) is 23.5 Å². The molecule has 1 aromatic rings. The van der Waals surface area contributed by atoms with Crippen LogP contribution in [0.15, 0.2) is 24.5 Å². The van der Waals surface area contributed by atoms with Gasteiger partial charge in [-0.2, -0.15) is 11.8 Å². The van der Waals surface area contributed by atoms with Crippen molar-refractivity contribution >= 4 is 11.8 Å². The van der Waals surface area contributed by atoms with Crippen LogP contribution in [0.3, 0.4) is 0 Å². The van der Waals surface area contributed by atoms with Crippen molar-refractivity contribution in [3.63, 3.8) is 0 Å². The lowest BCUT2D eigenvalue weighted by Gasteiger charge is -2.31. The number of nitrogens with zero attached hydrogens (tertiary/aromatic N) is 2. The first kappa shape index (κ1) is 12.9. The lowest BCUT2D eigenvalue weighted by atomic mass is 9.97. The number of aromatic nitrogens is 1. The Morgan fingerprint density at radius 1 is 1.53 bits per heavy atom. The largest absolute Gasteiger partial charge is 0.329 e. The van der Waals surface area contributed by atoms with Gasteiger partial charge in [-0.25, -0.2) is 0 Å². The Morgan fingerprint density at radius 2 is 2.29 bits per heavy atom. The normalized spacial score (nSPS) is 21.9. The van der Waals surface area contributed by atoms with Gasteiger partial charge in [0.25, 0.3) is 0 Å². The van der Waals surface area contributed by atoms with E-state index in [1.807, 2.05) is 12.4 Å². The minimum absolute atomic E-state index is 0.512. The molecule has 3 nitrogen and oxygen atoms in total. The van der Waals surface area contributed by atoms with Crippen molar-refractivity contribution < 1.29 is 0 Å². The van der Waals surface area contributed by atoms with Crippen LogP contribution in [0.4, 0.5) is 0 Å². The Morgan fingerprint density at radius 3 is 2.88 bits per heavy atom. The van der Waals surface area contributed by atoms with Gasteiger partial charge in [-0.1, -0.05) is 0 Å². The Bertz CT molecular complexity index is 325. The van der Waals surface area contributed by atoms with Crippen molar-refractivity contribution in [1.29, 1.82) is 0 Å². The van der Waals surface area contributed by atoms with E-state index in [2.05, 4.69) is 40.8 Å².